The molecule has 2 aromatic carbocycles. The van der Waals surface area contributed by atoms with Gasteiger partial charge in [0.15, 0.2) is 0 Å². The maximum Gasteiger partial charge on any atom is 0.253 e. The first-order chi connectivity index (χ1) is 15.7. The second-order valence-electron chi connectivity index (χ2n) is 7.84. The van der Waals surface area contributed by atoms with Gasteiger partial charge in [-0.15, -0.1) is 0 Å². The van der Waals surface area contributed by atoms with Gasteiger partial charge in [0.05, 0.1) is 29.3 Å². The van der Waals surface area contributed by atoms with E-state index in [1.807, 2.05) is 0 Å². The summed E-state index contributed by atoms with van der Waals surface area (Å²) in [5, 5.41) is 5.51. The molecule has 8 nitrogen and oxygen atoms in total. The molecular formula is C23H28FN3O5S. The predicted molar refractivity (Wildman–Crippen MR) is 124 cm³/mol. The molecule has 1 fully saturated rings. The summed E-state index contributed by atoms with van der Waals surface area (Å²) in [7, 11) is -3.87. The molecule has 0 bridgehead atoms. The lowest BCUT2D eigenvalue weighted by molar-refractivity contribution is -0.117. The molecule has 1 heterocycles. The Hall–Kier alpha value is -2.98. The minimum absolute atomic E-state index is 0.0285. The zero-order valence-electron chi connectivity index (χ0n) is 18.6. The van der Waals surface area contributed by atoms with Crippen molar-refractivity contribution in [3.8, 4) is 0 Å². The van der Waals surface area contributed by atoms with Crippen LogP contribution in [-0.2, 0) is 19.6 Å². The second-order valence-corrected chi connectivity index (χ2v) is 9.70. The topological polar surface area (TPSA) is 105 Å². The summed E-state index contributed by atoms with van der Waals surface area (Å²) in [6.45, 7) is 2.72. The Morgan fingerprint density at radius 2 is 1.88 bits per heavy atom. The van der Waals surface area contributed by atoms with E-state index in [0.717, 1.165) is 35.5 Å². The van der Waals surface area contributed by atoms with Crippen molar-refractivity contribution in [2.45, 2.75) is 38.3 Å². The number of halogens is 1. The van der Waals surface area contributed by atoms with E-state index in [1.165, 1.54) is 12.1 Å². The molecule has 0 aromatic heterocycles. The maximum absolute atomic E-state index is 13.4. The van der Waals surface area contributed by atoms with Crippen molar-refractivity contribution < 1.29 is 27.1 Å². The van der Waals surface area contributed by atoms with Crippen LogP contribution in [0.15, 0.2) is 48.5 Å². The minimum Gasteiger partial charge on any atom is -0.376 e. The van der Waals surface area contributed by atoms with E-state index in [2.05, 4.69) is 10.6 Å². The number of carbonyl (C=O) groups is 2. The van der Waals surface area contributed by atoms with E-state index < -0.39 is 27.8 Å². The number of ether oxygens (including phenoxy) is 1. The van der Waals surface area contributed by atoms with Crippen LogP contribution in [0.25, 0.3) is 0 Å². The number of hydrogen-bond acceptors (Lipinski definition) is 5. The number of para-hydroxylation sites is 1. The van der Waals surface area contributed by atoms with E-state index in [9.17, 15) is 22.4 Å². The summed E-state index contributed by atoms with van der Waals surface area (Å²) < 4.78 is 44.9. The largest absolute Gasteiger partial charge is 0.376 e. The molecule has 1 saturated heterocycles. The molecule has 1 aliphatic heterocycles. The zero-order valence-corrected chi connectivity index (χ0v) is 19.4. The molecular weight excluding hydrogens is 449 g/mol. The van der Waals surface area contributed by atoms with Crippen LogP contribution >= 0.6 is 0 Å². The standard InChI is InChI=1S/C23H28FN3O5S/c1-3-21(27(33(2,30)31)17-12-10-16(24)11-13-17)23(29)26-20-9-5-4-8-19(20)22(28)25-15-18-7-6-14-32-18/h4-5,8-13,18,21H,3,6-7,14-15H2,1-2H3,(H,25,28)(H,26,29)/t18-,21-/m1/s1. The summed E-state index contributed by atoms with van der Waals surface area (Å²) >= 11 is 0. The number of nitrogens with zero attached hydrogens (tertiary/aromatic N) is 1. The molecule has 2 N–H and O–H groups in total. The smallest absolute Gasteiger partial charge is 0.253 e. The zero-order chi connectivity index (χ0) is 24.0. The van der Waals surface area contributed by atoms with Gasteiger partial charge in [0.2, 0.25) is 15.9 Å². The lowest BCUT2D eigenvalue weighted by Crippen LogP contribution is -2.47. The second kappa shape index (κ2) is 10.8. The van der Waals surface area contributed by atoms with Crippen LogP contribution in [0, 0.1) is 5.82 Å². The normalized spacial score (nSPS) is 16.8. The van der Waals surface area contributed by atoms with Gasteiger partial charge >= 0.3 is 0 Å². The number of carbonyl (C=O) groups excluding carboxylic acids is 2. The van der Waals surface area contributed by atoms with E-state index in [4.69, 9.17) is 4.74 Å². The number of benzene rings is 2. The third kappa shape index (κ3) is 6.29. The maximum atomic E-state index is 13.4. The Morgan fingerprint density at radius 3 is 2.48 bits per heavy atom. The molecule has 178 valence electrons. The third-order valence-electron chi connectivity index (χ3n) is 5.35. The van der Waals surface area contributed by atoms with Crippen LogP contribution in [0.3, 0.4) is 0 Å². The van der Waals surface area contributed by atoms with Gasteiger partial charge in [-0.25, -0.2) is 12.8 Å². The Bertz CT molecular complexity index is 1090. The van der Waals surface area contributed by atoms with E-state index in [1.54, 1.807) is 31.2 Å². The highest BCUT2D eigenvalue weighted by molar-refractivity contribution is 7.92. The molecule has 2 aromatic rings. The molecule has 0 radical (unpaired) electrons. The molecule has 0 aliphatic carbocycles. The minimum atomic E-state index is -3.87. The van der Waals surface area contributed by atoms with Crippen LogP contribution in [0.1, 0.15) is 36.5 Å². The van der Waals surface area contributed by atoms with Crippen molar-refractivity contribution in [3.63, 3.8) is 0 Å². The third-order valence-corrected chi connectivity index (χ3v) is 6.53. The van der Waals surface area contributed by atoms with Crippen molar-refractivity contribution in [3.05, 3.63) is 59.9 Å². The molecule has 1 aliphatic rings. The van der Waals surface area contributed by atoms with Gasteiger partial charge in [-0.05, 0) is 55.7 Å². The van der Waals surface area contributed by atoms with Crippen LogP contribution in [0.2, 0.25) is 0 Å². The molecule has 2 amide bonds. The monoisotopic (exact) mass is 477 g/mol. The van der Waals surface area contributed by atoms with Crippen molar-refractivity contribution in [2.75, 3.05) is 29.0 Å². The van der Waals surface area contributed by atoms with Gasteiger partial charge in [-0.2, -0.15) is 0 Å². The fraction of sp³-hybridized carbons (Fsp3) is 0.391. The summed E-state index contributed by atoms with van der Waals surface area (Å²) in [6, 6.07) is 10.3. The number of rotatable bonds is 9. The molecule has 10 heteroatoms. The van der Waals surface area contributed by atoms with Gasteiger partial charge < -0.3 is 15.4 Å². The van der Waals surface area contributed by atoms with Crippen molar-refractivity contribution in [2.24, 2.45) is 0 Å². The molecule has 33 heavy (non-hydrogen) atoms. The fourth-order valence-electron chi connectivity index (χ4n) is 3.76. The Morgan fingerprint density at radius 1 is 1.18 bits per heavy atom. The molecule has 0 unspecified atom stereocenters. The highest BCUT2D eigenvalue weighted by atomic mass is 32.2. The molecule has 3 rings (SSSR count). The predicted octanol–water partition coefficient (Wildman–Crippen LogP) is 2.92. The summed E-state index contributed by atoms with van der Waals surface area (Å²) in [5.74, 6) is -1.49. The van der Waals surface area contributed by atoms with Crippen LogP contribution in [-0.4, -0.2) is 51.8 Å². The summed E-state index contributed by atoms with van der Waals surface area (Å²) in [4.78, 5) is 25.9. The molecule has 0 spiro atoms. The van der Waals surface area contributed by atoms with Gasteiger partial charge in [-0.1, -0.05) is 19.1 Å². The number of anilines is 2. The van der Waals surface area contributed by atoms with Gasteiger partial charge in [0.1, 0.15) is 11.9 Å². The Labute approximate surface area is 193 Å². The quantitative estimate of drug-likeness (QED) is 0.578. The van der Waals surface area contributed by atoms with E-state index in [0.29, 0.717) is 13.2 Å². The van der Waals surface area contributed by atoms with Crippen LogP contribution in [0.5, 0.6) is 0 Å². The summed E-state index contributed by atoms with van der Waals surface area (Å²) in [5.41, 5.74) is 0.688. The Kier molecular flexibility index (Phi) is 8.04. The van der Waals surface area contributed by atoms with Crippen molar-refractivity contribution in [1.29, 1.82) is 0 Å². The fourth-order valence-corrected chi connectivity index (χ4v) is 4.97. The highest BCUT2D eigenvalue weighted by Crippen LogP contribution is 2.24. The number of amides is 2. The van der Waals surface area contributed by atoms with Crippen molar-refractivity contribution in [1.82, 2.24) is 5.32 Å². The number of hydrogen-bond donors (Lipinski definition) is 2. The SMILES string of the molecule is CC[C@H](C(=O)Nc1ccccc1C(=O)NC[C@H]1CCCO1)N(c1ccc(F)cc1)S(C)(=O)=O. The van der Waals surface area contributed by atoms with E-state index in [-0.39, 0.29) is 35.4 Å². The number of nitrogens with one attached hydrogen (secondary N) is 2. The van der Waals surface area contributed by atoms with E-state index >= 15 is 0 Å². The summed E-state index contributed by atoms with van der Waals surface area (Å²) in [6.07, 6.45) is 2.94. The average Bonchev–Trinajstić information content (AvgIpc) is 3.30. The van der Waals surface area contributed by atoms with Gasteiger partial charge in [-0.3, -0.25) is 13.9 Å². The van der Waals surface area contributed by atoms with Crippen LogP contribution < -0.4 is 14.9 Å². The lowest BCUT2D eigenvalue weighted by atomic mass is 10.1. The first-order valence-electron chi connectivity index (χ1n) is 10.8. The van der Waals surface area contributed by atoms with Gasteiger partial charge in [0, 0.05) is 13.2 Å². The van der Waals surface area contributed by atoms with Crippen molar-refractivity contribution >= 4 is 33.2 Å². The highest BCUT2D eigenvalue weighted by Gasteiger charge is 2.32. The molecule has 0 saturated carbocycles. The average molecular weight is 478 g/mol. The Balaban J connectivity index is 1.81. The number of sulfonamides is 1. The lowest BCUT2D eigenvalue weighted by Gasteiger charge is -2.30. The van der Waals surface area contributed by atoms with Crippen LogP contribution in [0.4, 0.5) is 15.8 Å². The first kappa shape index (κ1) is 24.7. The van der Waals surface area contributed by atoms with Gasteiger partial charge in [0.25, 0.3) is 5.91 Å². The first-order valence-corrected chi connectivity index (χ1v) is 12.6. The molecule has 2 atom stereocenters.